The van der Waals surface area contributed by atoms with Gasteiger partial charge in [0, 0.05) is 22.8 Å². The molecule has 0 bridgehead atoms. The van der Waals surface area contributed by atoms with Crippen LogP contribution in [-0.2, 0) is 16.6 Å². The number of hydroxylamine groups is 1. The zero-order valence-electron chi connectivity index (χ0n) is 25.9. The summed E-state index contributed by atoms with van der Waals surface area (Å²) in [5, 5.41) is 17.8. The van der Waals surface area contributed by atoms with Crippen molar-refractivity contribution in [3.8, 4) is 28.5 Å². The van der Waals surface area contributed by atoms with Gasteiger partial charge in [0.25, 0.3) is 0 Å². The molecule has 234 valence electrons. The fourth-order valence-corrected chi connectivity index (χ4v) is 6.12. The van der Waals surface area contributed by atoms with Crippen LogP contribution < -0.4 is 10.2 Å². The molecule has 2 heterocycles. The van der Waals surface area contributed by atoms with Crippen molar-refractivity contribution in [3.63, 3.8) is 0 Å². The van der Waals surface area contributed by atoms with Crippen molar-refractivity contribution in [2.45, 2.75) is 64.7 Å². The number of oxazole rings is 1. The Hall–Kier alpha value is -4.76. The highest BCUT2D eigenvalue weighted by atomic mass is 16.5. The van der Waals surface area contributed by atoms with E-state index in [1.54, 1.807) is 35.9 Å². The number of carbonyl (C=O) groups excluding carboxylic acids is 1. The number of aromatic nitrogens is 1. The molecule has 1 amide bonds. The Morgan fingerprint density at radius 1 is 1.00 bits per heavy atom. The van der Waals surface area contributed by atoms with Gasteiger partial charge in [-0.05, 0) is 90.8 Å². The van der Waals surface area contributed by atoms with Gasteiger partial charge < -0.3 is 14.3 Å². The molecular formula is C36H39N3O6. The fraction of sp³-hybridized carbons (Fsp3) is 0.333. The fourth-order valence-electron chi connectivity index (χ4n) is 6.12. The maximum absolute atomic E-state index is 11.2. The molecule has 3 aromatic carbocycles. The number of ether oxygens (including phenoxy) is 1. The highest BCUT2D eigenvalue weighted by Crippen LogP contribution is 2.46. The summed E-state index contributed by atoms with van der Waals surface area (Å²) in [7, 11) is 0. The van der Waals surface area contributed by atoms with Gasteiger partial charge in [-0.3, -0.25) is 15.0 Å². The number of hydrogen-bond donors (Lipinski definition) is 3. The third-order valence-corrected chi connectivity index (χ3v) is 8.34. The lowest BCUT2D eigenvalue weighted by Gasteiger charge is -2.34. The molecule has 0 spiro atoms. The summed E-state index contributed by atoms with van der Waals surface area (Å²) < 4.78 is 11.8. The van der Waals surface area contributed by atoms with Crippen molar-refractivity contribution in [1.29, 1.82) is 0 Å². The zero-order valence-corrected chi connectivity index (χ0v) is 25.9. The largest absolute Gasteiger partial charge is 0.493 e. The number of aromatic carboxylic acids is 1. The van der Waals surface area contributed by atoms with Gasteiger partial charge in [-0.15, -0.1) is 0 Å². The first kappa shape index (κ1) is 31.7. The number of nitrogens with zero attached hydrogens (tertiary/aromatic N) is 2. The molecule has 0 saturated carbocycles. The SMILES string of the molecule is CC1(CCCCc2ccc(C(=O)O)cc2)C=Nc2ccc(-c3cnc(-c4cccc(OCCC(=O)NO)c4)o3)cc2C(C)(C)C1. The number of benzene rings is 3. The molecule has 5 rings (SSSR count). The molecular weight excluding hydrogens is 570 g/mol. The maximum atomic E-state index is 11.2. The van der Waals surface area contributed by atoms with E-state index >= 15 is 0 Å². The van der Waals surface area contributed by atoms with Crippen LogP contribution in [0.4, 0.5) is 5.69 Å². The first-order chi connectivity index (χ1) is 21.5. The van der Waals surface area contributed by atoms with E-state index in [0.717, 1.165) is 54.5 Å². The van der Waals surface area contributed by atoms with E-state index in [2.05, 4.69) is 44.1 Å². The summed E-state index contributed by atoms with van der Waals surface area (Å²) in [6.07, 6.45) is 8.83. The number of carboxylic acid groups (broad SMARTS) is 1. The van der Waals surface area contributed by atoms with Crippen LogP contribution >= 0.6 is 0 Å². The molecule has 0 fully saturated rings. The van der Waals surface area contributed by atoms with Crippen molar-refractivity contribution in [2.24, 2.45) is 10.4 Å². The van der Waals surface area contributed by atoms with Crippen molar-refractivity contribution in [2.75, 3.05) is 6.61 Å². The van der Waals surface area contributed by atoms with Gasteiger partial charge in [0.05, 0.1) is 30.5 Å². The van der Waals surface area contributed by atoms with Gasteiger partial charge in [0.15, 0.2) is 5.76 Å². The summed E-state index contributed by atoms with van der Waals surface area (Å²) in [6.45, 7) is 6.96. The van der Waals surface area contributed by atoms with Crippen molar-refractivity contribution >= 4 is 23.8 Å². The van der Waals surface area contributed by atoms with Gasteiger partial charge in [0.2, 0.25) is 11.8 Å². The molecule has 0 radical (unpaired) electrons. The van der Waals surface area contributed by atoms with E-state index in [0.29, 0.717) is 23.0 Å². The highest BCUT2D eigenvalue weighted by molar-refractivity contribution is 5.87. The van der Waals surface area contributed by atoms with Gasteiger partial charge in [0.1, 0.15) is 5.75 Å². The highest BCUT2D eigenvalue weighted by Gasteiger charge is 2.36. The van der Waals surface area contributed by atoms with E-state index in [-0.39, 0.29) is 23.9 Å². The van der Waals surface area contributed by atoms with Crippen molar-refractivity contribution in [3.05, 3.63) is 89.6 Å². The predicted molar refractivity (Wildman–Crippen MR) is 172 cm³/mol. The van der Waals surface area contributed by atoms with E-state index in [1.165, 1.54) is 5.56 Å². The number of carboxylic acids is 1. The van der Waals surface area contributed by atoms with Crippen LogP contribution in [0, 0.1) is 5.41 Å². The number of fused-ring (bicyclic) bond motifs is 1. The molecule has 3 N–H and O–H groups in total. The Morgan fingerprint density at radius 3 is 2.56 bits per heavy atom. The lowest BCUT2D eigenvalue weighted by molar-refractivity contribution is -0.129. The minimum Gasteiger partial charge on any atom is -0.493 e. The Balaban J connectivity index is 1.24. The lowest BCUT2D eigenvalue weighted by atomic mass is 9.69. The smallest absolute Gasteiger partial charge is 0.335 e. The van der Waals surface area contributed by atoms with E-state index < -0.39 is 11.9 Å². The molecule has 45 heavy (non-hydrogen) atoms. The van der Waals surface area contributed by atoms with Crippen LogP contribution in [0.25, 0.3) is 22.8 Å². The van der Waals surface area contributed by atoms with E-state index in [9.17, 15) is 9.59 Å². The Labute approximate surface area is 263 Å². The second-order valence-electron chi connectivity index (χ2n) is 12.6. The first-order valence-corrected chi connectivity index (χ1v) is 15.2. The summed E-state index contributed by atoms with van der Waals surface area (Å²) in [5.41, 5.74) is 6.67. The summed E-state index contributed by atoms with van der Waals surface area (Å²) in [6, 6.07) is 20.7. The number of aliphatic imine (C=N–C) groups is 1. The second kappa shape index (κ2) is 13.5. The monoisotopic (exact) mass is 609 g/mol. The zero-order chi connectivity index (χ0) is 32.0. The van der Waals surface area contributed by atoms with Gasteiger partial charge in [-0.25, -0.2) is 15.3 Å². The van der Waals surface area contributed by atoms with E-state index in [4.69, 9.17) is 24.5 Å². The average molecular weight is 610 g/mol. The van der Waals surface area contributed by atoms with E-state index in [1.807, 2.05) is 30.3 Å². The second-order valence-corrected chi connectivity index (χ2v) is 12.6. The molecule has 1 aliphatic heterocycles. The molecule has 1 unspecified atom stereocenters. The molecule has 9 nitrogen and oxygen atoms in total. The topological polar surface area (TPSA) is 134 Å². The molecule has 0 aliphatic carbocycles. The van der Waals surface area contributed by atoms with Crippen LogP contribution in [0.2, 0.25) is 0 Å². The normalized spacial score (nSPS) is 16.9. The van der Waals surface area contributed by atoms with Crippen LogP contribution in [0.3, 0.4) is 0 Å². The first-order valence-electron chi connectivity index (χ1n) is 15.2. The third kappa shape index (κ3) is 7.85. The van der Waals surface area contributed by atoms with Crippen molar-refractivity contribution in [1.82, 2.24) is 10.5 Å². The van der Waals surface area contributed by atoms with Crippen LogP contribution in [0.1, 0.15) is 74.4 Å². The molecule has 1 aliphatic rings. The van der Waals surface area contributed by atoms with Gasteiger partial charge in [-0.1, -0.05) is 45.4 Å². The Kier molecular flexibility index (Phi) is 9.48. The average Bonchev–Trinajstić information content (AvgIpc) is 3.49. The predicted octanol–water partition coefficient (Wildman–Crippen LogP) is 7.78. The minimum absolute atomic E-state index is 0.0359. The number of carbonyl (C=O) groups is 2. The van der Waals surface area contributed by atoms with Crippen molar-refractivity contribution < 1.29 is 29.1 Å². The van der Waals surface area contributed by atoms with Crippen LogP contribution in [-0.4, -0.2) is 40.0 Å². The summed E-state index contributed by atoms with van der Waals surface area (Å²) in [5.74, 6) is 0.270. The molecule has 1 atom stereocenters. The molecule has 1 aromatic heterocycles. The molecule has 4 aromatic rings. The van der Waals surface area contributed by atoms with Gasteiger partial charge >= 0.3 is 5.97 Å². The van der Waals surface area contributed by atoms with Crippen LogP contribution in [0.15, 0.2) is 82.3 Å². The standard InChI is InChI=1S/C36H39N3O6/c1-35(2)22-36(3,17-5-4-7-24-10-12-25(13-11-24)34(41)42)23-38-30-15-14-26(20-29(30)35)31-21-37-33(45-31)27-8-6-9-28(19-27)44-18-16-32(40)39-43/h6,8-15,19-21,23,43H,4-5,7,16-18,22H2,1-3H3,(H,39,40)(H,41,42). The Bertz CT molecular complexity index is 1690. The van der Waals surface area contributed by atoms with Crippen LogP contribution in [0.5, 0.6) is 5.75 Å². The number of unbranched alkanes of at least 4 members (excludes halogenated alkanes) is 1. The third-order valence-electron chi connectivity index (χ3n) is 8.34. The summed E-state index contributed by atoms with van der Waals surface area (Å²) in [4.78, 5) is 31.8. The molecule has 9 heteroatoms. The quantitative estimate of drug-likeness (QED) is 0.0848. The number of aryl methyl sites for hydroxylation is 1. The number of rotatable bonds is 12. The minimum atomic E-state index is -0.901. The molecule has 0 saturated heterocycles. The Morgan fingerprint density at radius 2 is 1.80 bits per heavy atom. The van der Waals surface area contributed by atoms with Gasteiger partial charge in [-0.2, -0.15) is 0 Å². The summed E-state index contributed by atoms with van der Waals surface area (Å²) >= 11 is 0. The number of amides is 1. The maximum Gasteiger partial charge on any atom is 0.335 e. The number of hydrogen-bond acceptors (Lipinski definition) is 7. The lowest BCUT2D eigenvalue weighted by Crippen LogP contribution is -2.28. The number of nitrogens with one attached hydrogen (secondary N) is 1.